The van der Waals surface area contributed by atoms with Crippen molar-refractivity contribution >= 4 is 29.2 Å². The zero-order chi connectivity index (χ0) is 14.2. The van der Waals surface area contributed by atoms with E-state index in [0.29, 0.717) is 5.82 Å². The van der Waals surface area contributed by atoms with E-state index in [9.17, 15) is 8.78 Å². The predicted molar refractivity (Wildman–Crippen MR) is 73.6 cm³/mol. The van der Waals surface area contributed by atoms with Crippen LogP contribution in [0.4, 0.5) is 14.6 Å². The molecule has 1 fully saturated rings. The van der Waals surface area contributed by atoms with Gasteiger partial charge in [0.25, 0.3) is 0 Å². The molecule has 0 aromatic carbocycles. The average molecular weight is 322 g/mol. The summed E-state index contributed by atoms with van der Waals surface area (Å²) in [5, 5.41) is 3.47. The molecule has 1 aliphatic carbocycles. The van der Waals surface area contributed by atoms with Crippen LogP contribution in [0.2, 0.25) is 5.28 Å². The second-order valence-corrected chi connectivity index (χ2v) is 6.49. The third-order valence-electron chi connectivity index (χ3n) is 3.67. The highest BCUT2D eigenvalue weighted by molar-refractivity contribution is 7.99. The van der Waals surface area contributed by atoms with Crippen LogP contribution in [0.25, 0.3) is 0 Å². The van der Waals surface area contributed by atoms with Crippen LogP contribution in [0, 0.1) is 0 Å². The molecule has 0 radical (unpaired) electrons. The van der Waals surface area contributed by atoms with Crippen molar-refractivity contribution < 1.29 is 13.5 Å². The van der Waals surface area contributed by atoms with Gasteiger partial charge in [-0.3, -0.25) is 0 Å². The van der Waals surface area contributed by atoms with Gasteiger partial charge in [0.15, 0.2) is 0 Å². The lowest BCUT2D eigenvalue weighted by molar-refractivity contribution is -0.145. The SMILES string of the molecule is FC(F)OCC1(Nc2nc(Cl)nc3c2SCC3)CCC1. The number of anilines is 1. The second-order valence-electron chi connectivity index (χ2n) is 5.05. The van der Waals surface area contributed by atoms with Crippen molar-refractivity contribution in [3.63, 3.8) is 0 Å². The molecule has 3 rings (SSSR count). The zero-order valence-electron chi connectivity index (χ0n) is 10.7. The van der Waals surface area contributed by atoms with Gasteiger partial charge in [0.05, 0.1) is 22.7 Å². The minimum absolute atomic E-state index is 0.0221. The Morgan fingerprint density at radius 3 is 2.85 bits per heavy atom. The molecule has 1 aromatic rings. The Bertz CT molecular complexity index is 514. The van der Waals surface area contributed by atoms with Crippen molar-refractivity contribution in [2.45, 2.75) is 42.7 Å². The van der Waals surface area contributed by atoms with E-state index in [-0.39, 0.29) is 11.9 Å². The molecular formula is C12H14ClF2N3OS. The molecule has 1 saturated carbocycles. The van der Waals surface area contributed by atoms with Crippen molar-refractivity contribution in [2.75, 3.05) is 17.7 Å². The Hall–Kier alpha value is -0.660. The number of aromatic nitrogens is 2. The lowest BCUT2D eigenvalue weighted by Gasteiger charge is -2.42. The minimum atomic E-state index is -2.75. The number of aryl methyl sites for hydroxylation is 1. The summed E-state index contributed by atoms with van der Waals surface area (Å²) in [6.07, 6.45) is 3.44. The number of halogens is 3. The number of rotatable bonds is 5. The molecule has 0 unspecified atom stereocenters. The predicted octanol–water partition coefficient (Wildman–Crippen LogP) is 3.35. The van der Waals surface area contributed by atoms with E-state index in [1.54, 1.807) is 11.8 Å². The molecule has 0 bridgehead atoms. The Morgan fingerprint density at radius 2 is 2.20 bits per heavy atom. The van der Waals surface area contributed by atoms with Gasteiger partial charge in [-0.25, -0.2) is 4.98 Å². The summed E-state index contributed by atoms with van der Waals surface area (Å²) in [5.74, 6) is 1.60. The quantitative estimate of drug-likeness (QED) is 0.843. The topological polar surface area (TPSA) is 47.0 Å². The van der Waals surface area contributed by atoms with Gasteiger partial charge in [0.2, 0.25) is 5.28 Å². The lowest BCUT2D eigenvalue weighted by atomic mass is 9.77. The van der Waals surface area contributed by atoms with Crippen molar-refractivity contribution in [1.82, 2.24) is 9.97 Å². The van der Waals surface area contributed by atoms with Crippen molar-refractivity contribution in [2.24, 2.45) is 0 Å². The minimum Gasteiger partial charge on any atom is -0.361 e. The number of thioether (sulfide) groups is 1. The molecule has 1 N–H and O–H groups in total. The van der Waals surface area contributed by atoms with Crippen LogP contribution in [0.3, 0.4) is 0 Å². The lowest BCUT2D eigenvalue weighted by Crippen LogP contribution is -2.49. The van der Waals surface area contributed by atoms with E-state index in [4.69, 9.17) is 11.6 Å². The Kier molecular flexibility index (Phi) is 4.01. The molecule has 20 heavy (non-hydrogen) atoms. The van der Waals surface area contributed by atoms with Crippen LogP contribution < -0.4 is 5.32 Å². The molecule has 2 aliphatic rings. The summed E-state index contributed by atoms with van der Waals surface area (Å²) in [7, 11) is 0. The standard InChI is InChI=1S/C12H14ClF2N3OS/c13-10-16-7-2-5-20-8(7)9(17-10)18-12(3-1-4-12)6-19-11(14)15/h11H,1-6H2,(H,16,17,18). The molecular weight excluding hydrogens is 308 g/mol. The summed E-state index contributed by atoms with van der Waals surface area (Å²) in [4.78, 5) is 9.41. The molecule has 0 atom stereocenters. The average Bonchev–Trinajstić information content (AvgIpc) is 2.79. The first-order valence-corrected chi connectivity index (χ1v) is 7.81. The molecule has 1 aromatic heterocycles. The second kappa shape index (κ2) is 5.61. The summed E-state index contributed by atoms with van der Waals surface area (Å²) in [6.45, 7) is -2.77. The summed E-state index contributed by atoms with van der Waals surface area (Å²) in [5.41, 5.74) is 0.479. The Labute approximate surface area is 124 Å². The number of hydrogen-bond donors (Lipinski definition) is 1. The number of nitrogens with zero attached hydrogens (tertiary/aromatic N) is 2. The van der Waals surface area contributed by atoms with Gasteiger partial charge in [-0.1, -0.05) is 0 Å². The van der Waals surface area contributed by atoms with Crippen LogP contribution in [0.5, 0.6) is 0 Å². The molecule has 2 heterocycles. The first-order valence-electron chi connectivity index (χ1n) is 6.45. The monoisotopic (exact) mass is 321 g/mol. The third kappa shape index (κ3) is 2.84. The van der Waals surface area contributed by atoms with Crippen LogP contribution >= 0.6 is 23.4 Å². The first-order chi connectivity index (χ1) is 9.58. The molecule has 110 valence electrons. The van der Waals surface area contributed by atoms with Gasteiger partial charge in [-0.05, 0) is 30.9 Å². The van der Waals surface area contributed by atoms with Gasteiger partial charge in [0, 0.05) is 12.2 Å². The molecule has 4 nitrogen and oxygen atoms in total. The number of fused-ring (bicyclic) bond motifs is 1. The molecule has 8 heteroatoms. The molecule has 0 amide bonds. The van der Waals surface area contributed by atoms with Gasteiger partial charge in [0.1, 0.15) is 5.82 Å². The Morgan fingerprint density at radius 1 is 1.40 bits per heavy atom. The van der Waals surface area contributed by atoms with Crippen LogP contribution in [-0.2, 0) is 11.2 Å². The summed E-state index contributed by atoms with van der Waals surface area (Å²) in [6, 6.07) is 0. The number of nitrogens with one attached hydrogen (secondary N) is 1. The number of alkyl halides is 2. The first kappa shape index (κ1) is 14.3. The molecule has 1 aliphatic heterocycles. The number of hydrogen-bond acceptors (Lipinski definition) is 5. The molecule has 0 spiro atoms. The Balaban J connectivity index is 1.79. The highest BCUT2D eigenvalue weighted by Gasteiger charge is 2.39. The van der Waals surface area contributed by atoms with Crippen molar-refractivity contribution in [3.05, 3.63) is 11.0 Å². The van der Waals surface area contributed by atoms with Gasteiger partial charge in [-0.2, -0.15) is 13.8 Å². The van der Waals surface area contributed by atoms with E-state index >= 15 is 0 Å². The fourth-order valence-corrected chi connectivity index (χ4v) is 3.74. The smallest absolute Gasteiger partial charge is 0.345 e. The van der Waals surface area contributed by atoms with E-state index in [0.717, 1.165) is 42.0 Å². The van der Waals surface area contributed by atoms with E-state index in [1.807, 2.05) is 0 Å². The van der Waals surface area contributed by atoms with E-state index < -0.39 is 12.2 Å². The zero-order valence-corrected chi connectivity index (χ0v) is 12.2. The van der Waals surface area contributed by atoms with Gasteiger partial charge >= 0.3 is 6.61 Å². The van der Waals surface area contributed by atoms with Crippen LogP contribution in [0.15, 0.2) is 4.90 Å². The maximum Gasteiger partial charge on any atom is 0.345 e. The summed E-state index contributed by atoms with van der Waals surface area (Å²) < 4.78 is 29.0. The maximum absolute atomic E-state index is 12.2. The normalized spacial score (nSPS) is 19.8. The van der Waals surface area contributed by atoms with E-state index in [1.165, 1.54) is 0 Å². The fraction of sp³-hybridized carbons (Fsp3) is 0.667. The van der Waals surface area contributed by atoms with E-state index in [2.05, 4.69) is 20.0 Å². The third-order valence-corrected chi connectivity index (χ3v) is 4.97. The van der Waals surface area contributed by atoms with Crippen LogP contribution in [-0.4, -0.2) is 34.5 Å². The largest absolute Gasteiger partial charge is 0.361 e. The summed E-state index contributed by atoms with van der Waals surface area (Å²) >= 11 is 7.59. The van der Waals surface area contributed by atoms with Crippen molar-refractivity contribution in [1.29, 1.82) is 0 Å². The highest BCUT2D eigenvalue weighted by Crippen LogP contribution is 2.41. The molecule has 0 saturated heterocycles. The van der Waals surface area contributed by atoms with Gasteiger partial charge < -0.3 is 10.1 Å². The maximum atomic E-state index is 12.2. The van der Waals surface area contributed by atoms with Crippen molar-refractivity contribution in [3.8, 4) is 0 Å². The highest BCUT2D eigenvalue weighted by atomic mass is 35.5. The van der Waals surface area contributed by atoms with Crippen LogP contribution in [0.1, 0.15) is 25.0 Å². The fourth-order valence-electron chi connectivity index (χ4n) is 2.51. The number of ether oxygens (including phenoxy) is 1. The van der Waals surface area contributed by atoms with Gasteiger partial charge in [-0.15, -0.1) is 11.8 Å².